The highest BCUT2D eigenvalue weighted by atomic mass is 32.2. The lowest BCUT2D eigenvalue weighted by molar-refractivity contribution is -0.134. The summed E-state index contributed by atoms with van der Waals surface area (Å²) in [6.45, 7) is 4.92. The lowest BCUT2D eigenvalue weighted by Crippen LogP contribution is -2.44. The van der Waals surface area contributed by atoms with Gasteiger partial charge in [0.05, 0.1) is 23.3 Å². The fourth-order valence-electron chi connectivity index (χ4n) is 2.79. The first-order valence-corrected chi connectivity index (χ1v) is 10.0. The largest absolute Gasteiger partial charge is 0.489 e. The number of para-hydroxylation sites is 2. The smallest absolute Gasteiger partial charge is 0.244 e. The molecule has 1 aromatic carbocycles. The van der Waals surface area contributed by atoms with Crippen molar-refractivity contribution < 1.29 is 22.7 Å². The highest BCUT2D eigenvalue weighted by molar-refractivity contribution is 7.91. The molecule has 1 aromatic rings. The molecule has 0 aromatic heterocycles. The number of amides is 2. The lowest BCUT2D eigenvalue weighted by atomic mass is 10.2. The minimum absolute atomic E-state index is 0.0459. The van der Waals surface area contributed by atoms with Crippen molar-refractivity contribution >= 4 is 27.3 Å². The van der Waals surface area contributed by atoms with Crippen LogP contribution in [0.15, 0.2) is 24.3 Å². The molecule has 7 nitrogen and oxygen atoms in total. The summed E-state index contributed by atoms with van der Waals surface area (Å²) in [6, 6.07) is 6.60. The molecule has 0 saturated carbocycles. The van der Waals surface area contributed by atoms with Gasteiger partial charge in [-0.05, 0) is 32.4 Å². The van der Waals surface area contributed by atoms with Gasteiger partial charge >= 0.3 is 0 Å². The molecular formula is C17H24N2O5S. The normalized spacial score (nSPS) is 18.8. The van der Waals surface area contributed by atoms with Crippen molar-refractivity contribution in [3.8, 4) is 5.75 Å². The van der Waals surface area contributed by atoms with Gasteiger partial charge in [0.25, 0.3) is 0 Å². The van der Waals surface area contributed by atoms with Crippen LogP contribution in [0.4, 0.5) is 5.69 Å². The van der Waals surface area contributed by atoms with Crippen molar-refractivity contribution in [2.24, 2.45) is 0 Å². The molecule has 2 amide bonds. The molecule has 0 aliphatic carbocycles. The molecule has 1 aliphatic heterocycles. The predicted molar refractivity (Wildman–Crippen MR) is 95.3 cm³/mol. The number of nitrogens with one attached hydrogen (secondary N) is 1. The summed E-state index contributed by atoms with van der Waals surface area (Å²) >= 11 is 0. The lowest BCUT2D eigenvalue weighted by Gasteiger charge is -2.26. The van der Waals surface area contributed by atoms with E-state index in [1.165, 1.54) is 11.8 Å². The minimum atomic E-state index is -3.13. The number of hydrogen-bond donors (Lipinski definition) is 1. The second-order valence-electron chi connectivity index (χ2n) is 6.41. The van der Waals surface area contributed by atoms with Gasteiger partial charge in [0, 0.05) is 13.0 Å². The van der Waals surface area contributed by atoms with Crippen molar-refractivity contribution in [3.63, 3.8) is 0 Å². The molecule has 8 heteroatoms. The molecular weight excluding hydrogens is 344 g/mol. The van der Waals surface area contributed by atoms with Gasteiger partial charge in [-0.1, -0.05) is 12.1 Å². The van der Waals surface area contributed by atoms with Crippen LogP contribution < -0.4 is 10.1 Å². The Kier molecular flexibility index (Phi) is 6.05. The van der Waals surface area contributed by atoms with Crippen molar-refractivity contribution in [3.05, 3.63) is 24.3 Å². The zero-order valence-electron chi connectivity index (χ0n) is 14.7. The summed E-state index contributed by atoms with van der Waals surface area (Å²) in [6.07, 6.45) is 0.317. The van der Waals surface area contributed by atoms with Crippen molar-refractivity contribution in [1.82, 2.24) is 4.90 Å². The first kappa shape index (κ1) is 19.2. The summed E-state index contributed by atoms with van der Waals surface area (Å²) in [5, 5.41) is 2.74. The summed E-state index contributed by atoms with van der Waals surface area (Å²) in [5.74, 6) is -0.201. The quantitative estimate of drug-likeness (QED) is 0.820. The molecule has 1 unspecified atom stereocenters. The van der Waals surface area contributed by atoms with Gasteiger partial charge in [0.15, 0.2) is 9.84 Å². The highest BCUT2D eigenvalue weighted by Gasteiger charge is 2.34. The summed E-state index contributed by atoms with van der Waals surface area (Å²) < 4.78 is 28.9. The van der Waals surface area contributed by atoms with Crippen LogP contribution in [0.2, 0.25) is 0 Å². The van der Waals surface area contributed by atoms with E-state index in [2.05, 4.69) is 5.32 Å². The zero-order chi connectivity index (χ0) is 18.6. The Bertz CT molecular complexity index is 745. The van der Waals surface area contributed by atoms with Gasteiger partial charge in [-0.2, -0.15) is 0 Å². The molecule has 0 bridgehead atoms. The van der Waals surface area contributed by atoms with Gasteiger partial charge < -0.3 is 15.0 Å². The van der Waals surface area contributed by atoms with E-state index in [9.17, 15) is 18.0 Å². The molecule has 1 heterocycles. The van der Waals surface area contributed by atoms with E-state index in [1.807, 2.05) is 13.8 Å². The van der Waals surface area contributed by atoms with Crippen molar-refractivity contribution in [2.45, 2.75) is 39.3 Å². The van der Waals surface area contributed by atoms with Gasteiger partial charge in [-0.25, -0.2) is 8.42 Å². The fraction of sp³-hybridized carbons (Fsp3) is 0.529. The predicted octanol–water partition coefficient (Wildman–Crippen LogP) is 1.45. The van der Waals surface area contributed by atoms with E-state index in [0.29, 0.717) is 17.9 Å². The molecule has 1 N–H and O–H groups in total. The number of anilines is 1. The van der Waals surface area contributed by atoms with Crippen LogP contribution >= 0.6 is 0 Å². The second-order valence-corrected chi connectivity index (χ2v) is 8.64. The third-order valence-electron chi connectivity index (χ3n) is 3.89. The van der Waals surface area contributed by atoms with Gasteiger partial charge in [0.2, 0.25) is 11.8 Å². The topological polar surface area (TPSA) is 92.8 Å². The molecule has 0 radical (unpaired) electrons. The average molecular weight is 368 g/mol. The fourth-order valence-corrected chi connectivity index (χ4v) is 4.52. The van der Waals surface area contributed by atoms with Crippen LogP contribution in [0.25, 0.3) is 0 Å². The maximum atomic E-state index is 12.4. The monoisotopic (exact) mass is 368 g/mol. The number of hydrogen-bond acceptors (Lipinski definition) is 5. The number of rotatable bonds is 6. The Morgan fingerprint density at radius 3 is 2.56 bits per heavy atom. The van der Waals surface area contributed by atoms with E-state index in [4.69, 9.17) is 4.74 Å². The molecule has 1 fully saturated rings. The Hall–Kier alpha value is -2.09. The maximum absolute atomic E-state index is 12.4. The number of benzene rings is 1. The zero-order valence-corrected chi connectivity index (χ0v) is 15.5. The van der Waals surface area contributed by atoms with E-state index in [0.717, 1.165) is 0 Å². The number of ether oxygens (including phenoxy) is 1. The standard InChI is InChI=1S/C17H24N2O5S/c1-12(2)24-16-7-5-4-6-15(16)18-17(21)10-19(13(3)20)14-8-9-25(22,23)11-14/h4-7,12,14H,8-11H2,1-3H3,(H,18,21). The van der Waals surface area contributed by atoms with Crippen LogP contribution in [0, 0.1) is 0 Å². The first-order valence-electron chi connectivity index (χ1n) is 8.21. The Labute approximate surface area is 148 Å². The number of nitrogens with zero attached hydrogens (tertiary/aromatic N) is 1. The van der Waals surface area contributed by atoms with Gasteiger partial charge in [0.1, 0.15) is 12.3 Å². The Morgan fingerprint density at radius 2 is 2.00 bits per heavy atom. The van der Waals surface area contributed by atoms with Crippen LogP contribution in [0.3, 0.4) is 0 Å². The van der Waals surface area contributed by atoms with E-state index in [1.54, 1.807) is 24.3 Å². The van der Waals surface area contributed by atoms with Crippen LogP contribution in [-0.4, -0.2) is 55.3 Å². The summed E-state index contributed by atoms with van der Waals surface area (Å²) in [7, 11) is -3.13. The molecule has 1 aliphatic rings. The van der Waals surface area contributed by atoms with E-state index in [-0.39, 0.29) is 36.0 Å². The SMILES string of the molecule is CC(=O)N(CC(=O)Nc1ccccc1OC(C)C)C1CCS(=O)(=O)C1. The van der Waals surface area contributed by atoms with Gasteiger partial charge in [-0.3, -0.25) is 9.59 Å². The Morgan fingerprint density at radius 1 is 1.32 bits per heavy atom. The second kappa shape index (κ2) is 7.86. The molecule has 1 saturated heterocycles. The minimum Gasteiger partial charge on any atom is -0.489 e. The highest BCUT2D eigenvalue weighted by Crippen LogP contribution is 2.25. The molecule has 138 valence electrons. The number of sulfone groups is 1. The molecule has 25 heavy (non-hydrogen) atoms. The average Bonchev–Trinajstić information content (AvgIpc) is 2.86. The van der Waals surface area contributed by atoms with Crippen molar-refractivity contribution in [1.29, 1.82) is 0 Å². The number of carbonyl (C=O) groups is 2. The van der Waals surface area contributed by atoms with Crippen molar-refractivity contribution in [2.75, 3.05) is 23.4 Å². The van der Waals surface area contributed by atoms with Crippen LogP contribution in [-0.2, 0) is 19.4 Å². The van der Waals surface area contributed by atoms with Gasteiger partial charge in [-0.15, -0.1) is 0 Å². The summed E-state index contributed by atoms with van der Waals surface area (Å²) in [4.78, 5) is 25.6. The molecule has 0 spiro atoms. The third kappa shape index (κ3) is 5.45. The van der Waals surface area contributed by atoms with Crippen LogP contribution in [0.5, 0.6) is 5.75 Å². The summed E-state index contributed by atoms with van der Waals surface area (Å²) in [5.41, 5.74) is 0.517. The molecule has 1 atom stereocenters. The third-order valence-corrected chi connectivity index (χ3v) is 5.64. The number of carbonyl (C=O) groups excluding carboxylic acids is 2. The Balaban J connectivity index is 2.06. The van der Waals surface area contributed by atoms with E-state index >= 15 is 0 Å². The van der Waals surface area contributed by atoms with Crippen LogP contribution in [0.1, 0.15) is 27.2 Å². The first-order chi connectivity index (χ1) is 11.7. The molecule has 2 rings (SSSR count). The van der Waals surface area contributed by atoms with E-state index < -0.39 is 15.9 Å². The maximum Gasteiger partial charge on any atom is 0.244 e.